The van der Waals surface area contributed by atoms with Gasteiger partial charge in [-0.05, 0) is 58.7 Å². The molecule has 0 aliphatic rings. The summed E-state index contributed by atoms with van der Waals surface area (Å²) in [6.45, 7) is 0.602. The van der Waals surface area contributed by atoms with E-state index in [-0.39, 0.29) is 18.2 Å². The highest BCUT2D eigenvalue weighted by Gasteiger charge is 2.08. The Labute approximate surface area is 124 Å². The second-order valence-corrected chi connectivity index (χ2v) is 5.09. The summed E-state index contributed by atoms with van der Waals surface area (Å²) >= 11 is 3.18. The zero-order valence-corrected chi connectivity index (χ0v) is 12.3. The average Bonchev–Trinajstić information content (AvgIpc) is 2.42. The maximum Gasteiger partial charge on any atom is 0.137 e. The summed E-state index contributed by atoms with van der Waals surface area (Å²) in [5.41, 5.74) is 6.89. The van der Waals surface area contributed by atoms with Crippen molar-refractivity contribution in [3.63, 3.8) is 0 Å². The Morgan fingerprint density at radius 1 is 1.10 bits per heavy atom. The number of hydrogen-bond donors (Lipinski definition) is 1. The van der Waals surface area contributed by atoms with Crippen LogP contribution in [0.2, 0.25) is 0 Å². The number of ether oxygens (including phenoxy) is 1. The molecule has 0 unspecified atom stereocenters. The second kappa shape index (κ2) is 6.81. The van der Waals surface area contributed by atoms with Crippen LogP contribution in [0, 0.1) is 11.6 Å². The highest BCUT2D eigenvalue weighted by molar-refractivity contribution is 9.10. The van der Waals surface area contributed by atoms with Gasteiger partial charge in [-0.15, -0.1) is 0 Å². The van der Waals surface area contributed by atoms with Gasteiger partial charge in [0, 0.05) is 5.56 Å². The van der Waals surface area contributed by atoms with E-state index in [2.05, 4.69) is 15.9 Å². The quantitative estimate of drug-likeness (QED) is 0.897. The fourth-order valence-corrected chi connectivity index (χ4v) is 2.23. The number of halogens is 3. The molecule has 20 heavy (non-hydrogen) atoms. The minimum atomic E-state index is -0.340. The summed E-state index contributed by atoms with van der Waals surface area (Å²) in [5.74, 6) is -0.104. The number of benzene rings is 2. The Hall–Kier alpha value is -1.46. The molecule has 106 valence electrons. The van der Waals surface area contributed by atoms with Gasteiger partial charge in [-0.3, -0.25) is 0 Å². The van der Waals surface area contributed by atoms with Gasteiger partial charge in [0.05, 0.1) is 4.47 Å². The van der Waals surface area contributed by atoms with Gasteiger partial charge in [0.2, 0.25) is 0 Å². The molecule has 0 aromatic heterocycles. The van der Waals surface area contributed by atoms with E-state index < -0.39 is 0 Å². The SMILES string of the molecule is NCCc1cc(F)ccc1OCc1cccc(F)c1Br. The summed E-state index contributed by atoms with van der Waals surface area (Å²) in [5, 5.41) is 0. The molecule has 0 amide bonds. The highest BCUT2D eigenvalue weighted by Crippen LogP contribution is 2.25. The van der Waals surface area contributed by atoms with E-state index in [1.807, 2.05) is 0 Å². The van der Waals surface area contributed by atoms with E-state index in [0.717, 1.165) is 0 Å². The van der Waals surface area contributed by atoms with Crippen molar-refractivity contribution in [1.82, 2.24) is 0 Å². The number of nitrogens with two attached hydrogens (primary N) is 1. The van der Waals surface area contributed by atoms with Crippen LogP contribution in [0.15, 0.2) is 40.9 Å². The Morgan fingerprint density at radius 3 is 2.65 bits per heavy atom. The molecule has 2 nitrogen and oxygen atoms in total. The Kier molecular flexibility index (Phi) is 5.09. The van der Waals surface area contributed by atoms with E-state index in [4.69, 9.17) is 10.5 Å². The third-order valence-electron chi connectivity index (χ3n) is 2.85. The van der Waals surface area contributed by atoms with Crippen LogP contribution >= 0.6 is 15.9 Å². The fourth-order valence-electron chi connectivity index (χ4n) is 1.86. The Balaban J connectivity index is 2.16. The first-order valence-electron chi connectivity index (χ1n) is 6.16. The van der Waals surface area contributed by atoms with Crippen LogP contribution in [0.1, 0.15) is 11.1 Å². The van der Waals surface area contributed by atoms with Crippen molar-refractivity contribution < 1.29 is 13.5 Å². The van der Waals surface area contributed by atoms with Crippen molar-refractivity contribution in [2.24, 2.45) is 5.73 Å². The minimum absolute atomic E-state index is 0.196. The first kappa shape index (κ1) is 14.9. The smallest absolute Gasteiger partial charge is 0.137 e. The molecule has 2 aromatic rings. The zero-order chi connectivity index (χ0) is 14.5. The first-order valence-corrected chi connectivity index (χ1v) is 6.95. The van der Waals surface area contributed by atoms with E-state index in [1.54, 1.807) is 18.2 Å². The van der Waals surface area contributed by atoms with Crippen LogP contribution < -0.4 is 10.5 Å². The molecule has 0 spiro atoms. The molecule has 0 atom stereocenters. The Bertz CT molecular complexity index is 604. The molecule has 0 bridgehead atoms. The Morgan fingerprint density at radius 2 is 1.90 bits per heavy atom. The summed E-state index contributed by atoms with van der Waals surface area (Å²) < 4.78 is 32.6. The summed E-state index contributed by atoms with van der Waals surface area (Å²) in [6.07, 6.45) is 0.525. The molecule has 0 fully saturated rings. The minimum Gasteiger partial charge on any atom is -0.489 e. The molecule has 0 heterocycles. The largest absolute Gasteiger partial charge is 0.489 e. The third-order valence-corrected chi connectivity index (χ3v) is 3.74. The molecule has 2 rings (SSSR count). The molecule has 2 N–H and O–H groups in total. The van der Waals surface area contributed by atoms with Gasteiger partial charge in [-0.25, -0.2) is 8.78 Å². The van der Waals surface area contributed by atoms with Crippen LogP contribution in [-0.2, 0) is 13.0 Å². The van der Waals surface area contributed by atoms with Gasteiger partial charge in [-0.1, -0.05) is 12.1 Å². The topological polar surface area (TPSA) is 35.2 Å². The van der Waals surface area contributed by atoms with Crippen molar-refractivity contribution in [2.45, 2.75) is 13.0 Å². The van der Waals surface area contributed by atoms with Gasteiger partial charge in [0.1, 0.15) is 24.0 Å². The predicted molar refractivity (Wildman–Crippen MR) is 77.6 cm³/mol. The standard InChI is InChI=1S/C15H14BrF2NO/c16-15-11(2-1-3-13(15)18)9-20-14-5-4-12(17)8-10(14)6-7-19/h1-5,8H,6-7,9,19H2. The van der Waals surface area contributed by atoms with Gasteiger partial charge in [0.25, 0.3) is 0 Å². The van der Waals surface area contributed by atoms with Crippen molar-refractivity contribution in [3.05, 3.63) is 63.6 Å². The van der Waals surface area contributed by atoms with E-state index in [0.29, 0.717) is 34.3 Å². The van der Waals surface area contributed by atoms with E-state index in [9.17, 15) is 8.78 Å². The molecule has 0 aliphatic heterocycles. The summed E-state index contributed by atoms with van der Waals surface area (Å²) in [7, 11) is 0. The monoisotopic (exact) mass is 341 g/mol. The molecule has 0 saturated carbocycles. The lowest BCUT2D eigenvalue weighted by molar-refractivity contribution is 0.301. The van der Waals surface area contributed by atoms with Crippen LogP contribution in [0.3, 0.4) is 0 Å². The predicted octanol–water partition coefficient (Wildman–Crippen LogP) is 3.81. The molecular formula is C15H14BrF2NO. The molecule has 5 heteroatoms. The maximum absolute atomic E-state index is 13.4. The summed E-state index contributed by atoms with van der Waals surface area (Å²) in [4.78, 5) is 0. The molecule has 0 radical (unpaired) electrons. The third kappa shape index (κ3) is 3.55. The highest BCUT2D eigenvalue weighted by atomic mass is 79.9. The lowest BCUT2D eigenvalue weighted by Crippen LogP contribution is -2.06. The first-order chi connectivity index (χ1) is 9.61. The van der Waals surface area contributed by atoms with E-state index >= 15 is 0 Å². The van der Waals surface area contributed by atoms with Gasteiger partial charge in [0.15, 0.2) is 0 Å². The molecular weight excluding hydrogens is 328 g/mol. The molecule has 0 aliphatic carbocycles. The van der Waals surface area contributed by atoms with Crippen molar-refractivity contribution in [2.75, 3.05) is 6.54 Å². The molecule has 2 aromatic carbocycles. The summed E-state index contributed by atoms with van der Waals surface area (Å²) in [6, 6.07) is 9.04. The fraction of sp³-hybridized carbons (Fsp3) is 0.200. The zero-order valence-electron chi connectivity index (χ0n) is 10.7. The van der Waals surface area contributed by atoms with Crippen LogP contribution in [0.4, 0.5) is 8.78 Å². The van der Waals surface area contributed by atoms with Crippen molar-refractivity contribution in [3.8, 4) is 5.75 Å². The van der Waals surface area contributed by atoms with Crippen LogP contribution in [-0.4, -0.2) is 6.54 Å². The van der Waals surface area contributed by atoms with Crippen LogP contribution in [0.5, 0.6) is 5.75 Å². The molecule has 0 saturated heterocycles. The lowest BCUT2D eigenvalue weighted by atomic mass is 10.1. The lowest BCUT2D eigenvalue weighted by Gasteiger charge is -2.12. The van der Waals surface area contributed by atoms with Crippen molar-refractivity contribution in [1.29, 1.82) is 0 Å². The average molecular weight is 342 g/mol. The number of hydrogen-bond acceptors (Lipinski definition) is 2. The van der Waals surface area contributed by atoms with Gasteiger partial charge >= 0.3 is 0 Å². The van der Waals surface area contributed by atoms with Crippen LogP contribution in [0.25, 0.3) is 0 Å². The number of rotatable bonds is 5. The van der Waals surface area contributed by atoms with E-state index in [1.165, 1.54) is 18.2 Å². The maximum atomic E-state index is 13.4. The van der Waals surface area contributed by atoms with Gasteiger partial charge in [-0.2, -0.15) is 0 Å². The van der Waals surface area contributed by atoms with Gasteiger partial charge < -0.3 is 10.5 Å². The van der Waals surface area contributed by atoms with Crippen molar-refractivity contribution >= 4 is 15.9 Å². The second-order valence-electron chi connectivity index (χ2n) is 4.29. The normalized spacial score (nSPS) is 10.6.